The lowest BCUT2D eigenvalue weighted by Gasteiger charge is -2.10. The second-order valence-corrected chi connectivity index (χ2v) is 4.95. The van der Waals surface area contributed by atoms with Crippen molar-refractivity contribution < 1.29 is 9.18 Å². The number of hydrogen-bond acceptors (Lipinski definition) is 3. The molecule has 0 radical (unpaired) electrons. The molecule has 5 nitrogen and oxygen atoms in total. The molecule has 1 aliphatic rings. The summed E-state index contributed by atoms with van der Waals surface area (Å²) in [6.45, 7) is 3.80. The molecule has 1 aliphatic carbocycles. The van der Waals surface area contributed by atoms with Gasteiger partial charge in [0.15, 0.2) is 5.69 Å². The SMILES string of the molecule is C=C(NNC(=O)c1n[nH]c2c1CCC2)c1ccc(F)cc1. The van der Waals surface area contributed by atoms with Gasteiger partial charge in [0.05, 0.1) is 5.70 Å². The minimum absolute atomic E-state index is 0.308. The number of halogens is 1. The van der Waals surface area contributed by atoms with Crippen molar-refractivity contribution in [3.8, 4) is 0 Å². The van der Waals surface area contributed by atoms with Crippen LogP contribution in [0.15, 0.2) is 30.8 Å². The minimum Gasteiger partial charge on any atom is -0.298 e. The molecule has 1 aromatic carbocycles. The molecule has 0 unspecified atom stereocenters. The topological polar surface area (TPSA) is 69.8 Å². The molecule has 0 atom stereocenters. The van der Waals surface area contributed by atoms with E-state index in [1.54, 1.807) is 12.1 Å². The van der Waals surface area contributed by atoms with Crippen LogP contribution >= 0.6 is 0 Å². The number of aryl methyl sites for hydroxylation is 1. The Hall–Kier alpha value is -2.63. The summed E-state index contributed by atoms with van der Waals surface area (Å²) in [5.74, 6) is -0.625. The molecule has 108 valence electrons. The number of hydrazine groups is 1. The van der Waals surface area contributed by atoms with Gasteiger partial charge in [-0.25, -0.2) is 4.39 Å². The van der Waals surface area contributed by atoms with Gasteiger partial charge < -0.3 is 0 Å². The molecule has 3 rings (SSSR count). The summed E-state index contributed by atoms with van der Waals surface area (Å²) in [4.78, 5) is 12.1. The second-order valence-electron chi connectivity index (χ2n) is 4.95. The summed E-state index contributed by atoms with van der Waals surface area (Å²) in [5, 5.41) is 6.93. The highest BCUT2D eigenvalue weighted by molar-refractivity contribution is 5.94. The highest BCUT2D eigenvalue weighted by Crippen LogP contribution is 2.22. The van der Waals surface area contributed by atoms with E-state index in [-0.39, 0.29) is 11.7 Å². The van der Waals surface area contributed by atoms with E-state index in [4.69, 9.17) is 0 Å². The van der Waals surface area contributed by atoms with Gasteiger partial charge in [0.1, 0.15) is 5.82 Å². The monoisotopic (exact) mass is 286 g/mol. The lowest BCUT2D eigenvalue weighted by molar-refractivity contribution is 0.0936. The van der Waals surface area contributed by atoms with Crippen LogP contribution < -0.4 is 10.9 Å². The molecule has 0 saturated heterocycles. The van der Waals surface area contributed by atoms with E-state index in [9.17, 15) is 9.18 Å². The van der Waals surface area contributed by atoms with Crippen LogP contribution in [-0.4, -0.2) is 16.1 Å². The van der Waals surface area contributed by atoms with Crippen LogP contribution in [0, 0.1) is 5.82 Å². The standard InChI is InChI=1S/C15H15FN4O/c1-9(10-5-7-11(16)8-6-10)17-20-15(21)14-12-3-2-4-13(12)18-19-14/h5-8,17H,1-4H2,(H,18,19)(H,20,21). The summed E-state index contributed by atoms with van der Waals surface area (Å²) < 4.78 is 12.8. The first-order valence-electron chi connectivity index (χ1n) is 6.72. The van der Waals surface area contributed by atoms with Gasteiger partial charge in [-0.1, -0.05) is 6.58 Å². The van der Waals surface area contributed by atoms with Crippen LogP contribution in [-0.2, 0) is 12.8 Å². The summed E-state index contributed by atoms with van der Waals surface area (Å²) in [5.41, 5.74) is 8.92. The number of hydrogen-bond donors (Lipinski definition) is 3. The molecule has 0 spiro atoms. The van der Waals surface area contributed by atoms with Crippen LogP contribution in [0.1, 0.15) is 33.7 Å². The van der Waals surface area contributed by atoms with E-state index < -0.39 is 0 Å². The number of amides is 1. The van der Waals surface area contributed by atoms with Gasteiger partial charge in [-0.15, -0.1) is 0 Å². The molecular weight excluding hydrogens is 271 g/mol. The molecule has 21 heavy (non-hydrogen) atoms. The number of fused-ring (bicyclic) bond motifs is 1. The number of nitrogens with zero attached hydrogens (tertiary/aromatic N) is 1. The minimum atomic E-state index is -0.317. The number of aromatic amines is 1. The van der Waals surface area contributed by atoms with Crippen molar-refractivity contribution in [3.05, 3.63) is 59.2 Å². The Labute approximate surface area is 121 Å². The van der Waals surface area contributed by atoms with Crippen molar-refractivity contribution in [2.24, 2.45) is 0 Å². The molecule has 0 saturated carbocycles. The zero-order valence-corrected chi connectivity index (χ0v) is 11.4. The third kappa shape index (κ3) is 2.65. The normalized spacial score (nSPS) is 12.8. The summed E-state index contributed by atoms with van der Waals surface area (Å²) in [6, 6.07) is 5.85. The van der Waals surface area contributed by atoms with Gasteiger partial charge in [0.25, 0.3) is 5.91 Å². The Morgan fingerprint density at radius 1 is 1.24 bits per heavy atom. The number of benzene rings is 1. The number of H-pyrrole nitrogens is 1. The quantitative estimate of drug-likeness (QED) is 0.752. The van der Waals surface area contributed by atoms with E-state index in [0.29, 0.717) is 17.0 Å². The van der Waals surface area contributed by atoms with Crippen LogP contribution in [0.4, 0.5) is 4.39 Å². The zero-order valence-electron chi connectivity index (χ0n) is 11.4. The van der Waals surface area contributed by atoms with Crippen LogP contribution in [0.25, 0.3) is 5.70 Å². The average molecular weight is 286 g/mol. The van der Waals surface area contributed by atoms with E-state index in [1.807, 2.05) is 0 Å². The number of nitrogens with one attached hydrogen (secondary N) is 3. The smallest absolute Gasteiger partial charge is 0.290 e. The number of aromatic nitrogens is 2. The number of rotatable bonds is 4. The van der Waals surface area contributed by atoms with Gasteiger partial charge in [-0.05, 0) is 49.1 Å². The lowest BCUT2D eigenvalue weighted by Crippen LogP contribution is -2.36. The van der Waals surface area contributed by atoms with Crippen molar-refractivity contribution in [3.63, 3.8) is 0 Å². The second kappa shape index (κ2) is 5.40. The van der Waals surface area contributed by atoms with Gasteiger partial charge in [0, 0.05) is 11.3 Å². The third-order valence-electron chi connectivity index (χ3n) is 3.54. The Kier molecular flexibility index (Phi) is 3.43. The predicted molar refractivity (Wildman–Crippen MR) is 76.6 cm³/mol. The molecular formula is C15H15FN4O. The number of carbonyl (C=O) groups excluding carboxylic acids is 1. The first-order valence-corrected chi connectivity index (χ1v) is 6.72. The first kappa shape index (κ1) is 13.4. The molecule has 0 bridgehead atoms. The average Bonchev–Trinajstić information content (AvgIpc) is 3.08. The van der Waals surface area contributed by atoms with Gasteiger partial charge in [-0.2, -0.15) is 5.10 Å². The van der Waals surface area contributed by atoms with E-state index in [2.05, 4.69) is 27.6 Å². The highest BCUT2D eigenvalue weighted by Gasteiger charge is 2.22. The summed E-state index contributed by atoms with van der Waals surface area (Å²) in [6.07, 6.45) is 2.85. The maximum absolute atomic E-state index is 12.8. The van der Waals surface area contributed by atoms with Crippen LogP contribution in [0.3, 0.4) is 0 Å². The molecule has 0 fully saturated rings. The Morgan fingerprint density at radius 2 is 2.00 bits per heavy atom. The Bertz CT molecular complexity index is 690. The Morgan fingerprint density at radius 3 is 2.76 bits per heavy atom. The van der Waals surface area contributed by atoms with E-state index in [0.717, 1.165) is 30.5 Å². The van der Waals surface area contributed by atoms with Crippen molar-refractivity contribution in [1.82, 2.24) is 21.0 Å². The molecule has 1 heterocycles. The fourth-order valence-corrected chi connectivity index (χ4v) is 2.42. The van der Waals surface area contributed by atoms with Crippen LogP contribution in [0.2, 0.25) is 0 Å². The largest absolute Gasteiger partial charge is 0.298 e. The molecule has 6 heteroatoms. The molecule has 3 N–H and O–H groups in total. The van der Waals surface area contributed by atoms with Crippen molar-refractivity contribution >= 4 is 11.6 Å². The third-order valence-corrected chi connectivity index (χ3v) is 3.54. The van der Waals surface area contributed by atoms with Crippen molar-refractivity contribution in [1.29, 1.82) is 0 Å². The maximum atomic E-state index is 12.8. The first-order chi connectivity index (χ1) is 10.1. The fourth-order valence-electron chi connectivity index (χ4n) is 2.42. The van der Waals surface area contributed by atoms with Crippen LogP contribution in [0.5, 0.6) is 0 Å². The van der Waals surface area contributed by atoms with E-state index >= 15 is 0 Å². The lowest BCUT2D eigenvalue weighted by atomic mass is 10.2. The summed E-state index contributed by atoms with van der Waals surface area (Å²) in [7, 11) is 0. The number of carbonyl (C=O) groups is 1. The highest BCUT2D eigenvalue weighted by atomic mass is 19.1. The van der Waals surface area contributed by atoms with Gasteiger partial charge in [0.2, 0.25) is 0 Å². The van der Waals surface area contributed by atoms with Gasteiger partial charge >= 0.3 is 0 Å². The van der Waals surface area contributed by atoms with Gasteiger partial charge in [-0.3, -0.25) is 20.7 Å². The zero-order chi connectivity index (χ0) is 14.8. The molecule has 2 aromatic rings. The molecule has 0 aliphatic heterocycles. The fraction of sp³-hybridized carbons (Fsp3) is 0.200. The molecule has 1 aromatic heterocycles. The maximum Gasteiger partial charge on any atom is 0.290 e. The summed E-state index contributed by atoms with van der Waals surface area (Å²) >= 11 is 0. The predicted octanol–water partition coefficient (Wildman–Crippen LogP) is 1.94. The van der Waals surface area contributed by atoms with Crippen molar-refractivity contribution in [2.75, 3.05) is 0 Å². The Balaban J connectivity index is 1.63. The van der Waals surface area contributed by atoms with Crippen molar-refractivity contribution in [2.45, 2.75) is 19.3 Å². The van der Waals surface area contributed by atoms with E-state index in [1.165, 1.54) is 12.1 Å². The molecule has 1 amide bonds.